The van der Waals surface area contributed by atoms with E-state index in [4.69, 9.17) is 4.74 Å². The van der Waals surface area contributed by atoms with Gasteiger partial charge < -0.3 is 10.1 Å². The van der Waals surface area contributed by atoms with Gasteiger partial charge in [0.2, 0.25) is 0 Å². The molecule has 0 aliphatic carbocycles. The molecule has 2 aromatic rings. The molecule has 0 saturated carbocycles. The van der Waals surface area contributed by atoms with E-state index in [1.165, 1.54) is 10.9 Å². The first-order valence-corrected chi connectivity index (χ1v) is 7.93. The number of benzene rings is 1. The lowest BCUT2D eigenvalue weighted by molar-refractivity contribution is 0.124. The van der Waals surface area contributed by atoms with Crippen molar-refractivity contribution in [2.24, 2.45) is 0 Å². The molecular formula is C18H26N2O. The van der Waals surface area contributed by atoms with Crippen molar-refractivity contribution >= 4 is 10.9 Å². The van der Waals surface area contributed by atoms with E-state index in [0.29, 0.717) is 6.04 Å². The highest BCUT2D eigenvalue weighted by molar-refractivity contribution is 5.79. The molecule has 0 aliphatic rings. The van der Waals surface area contributed by atoms with Gasteiger partial charge >= 0.3 is 0 Å². The summed E-state index contributed by atoms with van der Waals surface area (Å²) in [6.45, 7) is 8.92. The molecule has 1 unspecified atom stereocenters. The first kappa shape index (κ1) is 15.9. The highest BCUT2D eigenvalue weighted by atomic mass is 16.5. The number of ether oxygens (including phenoxy) is 1. The molecule has 0 bridgehead atoms. The molecule has 1 aromatic carbocycles. The van der Waals surface area contributed by atoms with Crippen LogP contribution in [-0.2, 0) is 4.74 Å². The van der Waals surface area contributed by atoms with E-state index in [0.717, 1.165) is 43.8 Å². The maximum Gasteiger partial charge on any atom is 0.0705 e. The van der Waals surface area contributed by atoms with E-state index < -0.39 is 0 Å². The Morgan fingerprint density at radius 2 is 2.00 bits per heavy atom. The topological polar surface area (TPSA) is 34.1 Å². The van der Waals surface area contributed by atoms with Crippen molar-refractivity contribution in [3.05, 3.63) is 41.6 Å². The van der Waals surface area contributed by atoms with Gasteiger partial charge in [-0.05, 0) is 50.1 Å². The third-order valence-electron chi connectivity index (χ3n) is 3.60. The Morgan fingerprint density at radius 1 is 1.14 bits per heavy atom. The van der Waals surface area contributed by atoms with Crippen LogP contribution in [0.5, 0.6) is 0 Å². The fourth-order valence-electron chi connectivity index (χ4n) is 2.54. The first-order chi connectivity index (χ1) is 10.2. The van der Waals surface area contributed by atoms with Crippen LogP contribution in [0.4, 0.5) is 0 Å². The average molecular weight is 286 g/mol. The van der Waals surface area contributed by atoms with Crippen LogP contribution in [0.1, 0.15) is 44.0 Å². The molecule has 0 spiro atoms. The number of rotatable bonds is 8. The molecule has 3 heteroatoms. The fraction of sp³-hybridized carbons (Fsp3) is 0.500. The summed E-state index contributed by atoms with van der Waals surface area (Å²) >= 11 is 0. The summed E-state index contributed by atoms with van der Waals surface area (Å²) in [5, 5.41) is 4.76. The van der Waals surface area contributed by atoms with Crippen LogP contribution in [-0.4, -0.2) is 24.7 Å². The Hall–Kier alpha value is -1.45. The van der Waals surface area contributed by atoms with Crippen LogP contribution in [0.25, 0.3) is 10.9 Å². The maximum atomic E-state index is 5.63. The van der Waals surface area contributed by atoms with Crippen molar-refractivity contribution < 1.29 is 4.74 Å². The molecule has 0 radical (unpaired) electrons. The third kappa shape index (κ3) is 4.51. The molecule has 1 heterocycles. The van der Waals surface area contributed by atoms with Crippen LogP contribution in [0.3, 0.4) is 0 Å². The number of nitrogens with one attached hydrogen (secondary N) is 1. The molecule has 3 nitrogen and oxygen atoms in total. The standard InChI is InChI=1S/C18H26N2O/c1-4-11-21-12-10-17(19-5-2)15-8-9-18-16(13-15)7-6-14(3)20-18/h6-9,13,17,19H,4-5,10-12H2,1-3H3. The zero-order valence-electron chi connectivity index (χ0n) is 13.4. The van der Waals surface area contributed by atoms with Gasteiger partial charge in [0, 0.05) is 30.3 Å². The predicted octanol–water partition coefficient (Wildman–Crippen LogP) is 4.01. The van der Waals surface area contributed by atoms with Crippen molar-refractivity contribution in [1.29, 1.82) is 0 Å². The number of pyridine rings is 1. The van der Waals surface area contributed by atoms with Crippen molar-refractivity contribution in [2.45, 2.75) is 39.7 Å². The molecule has 0 aliphatic heterocycles. The monoisotopic (exact) mass is 286 g/mol. The van der Waals surface area contributed by atoms with Crippen molar-refractivity contribution in [3.8, 4) is 0 Å². The Morgan fingerprint density at radius 3 is 2.76 bits per heavy atom. The summed E-state index contributed by atoms with van der Waals surface area (Å²) in [6.07, 6.45) is 2.07. The van der Waals surface area contributed by atoms with Crippen molar-refractivity contribution in [2.75, 3.05) is 19.8 Å². The van der Waals surface area contributed by atoms with Gasteiger partial charge in [-0.15, -0.1) is 0 Å². The lowest BCUT2D eigenvalue weighted by Crippen LogP contribution is -2.22. The lowest BCUT2D eigenvalue weighted by atomic mass is 10.0. The highest BCUT2D eigenvalue weighted by Crippen LogP contribution is 2.22. The molecule has 0 amide bonds. The SMILES string of the molecule is CCCOCCC(NCC)c1ccc2nc(C)ccc2c1. The van der Waals surface area contributed by atoms with Gasteiger partial charge in [0.15, 0.2) is 0 Å². The van der Waals surface area contributed by atoms with E-state index >= 15 is 0 Å². The van der Waals surface area contributed by atoms with E-state index in [2.05, 4.69) is 54.5 Å². The third-order valence-corrected chi connectivity index (χ3v) is 3.60. The van der Waals surface area contributed by atoms with Crippen molar-refractivity contribution in [1.82, 2.24) is 10.3 Å². The summed E-state index contributed by atoms with van der Waals surface area (Å²) in [5.41, 5.74) is 3.44. The zero-order chi connectivity index (χ0) is 15.1. The van der Waals surface area contributed by atoms with Crippen LogP contribution >= 0.6 is 0 Å². The van der Waals surface area contributed by atoms with Gasteiger partial charge in [0.25, 0.3) is 0 Å². The smallest absolute Gasteiger partial charge is 0.0705 e. The van der Waals surface area contributed by atoms with Crippen molar-refractivity contribution in [3.63, 3.8) is 0 Å². The Labute approximate surface area is 127 Å². The van der Waals surface area contributed by atoms with Crippen LogP contribution < -0.4 is 5.32 Å². The highest BCUT2D eigenvalue weighted by Gasteiger charge is 2.11. The largest absolute Gasteiger partial charge is 0.381 e. The number of aromatic nitrogens is 1. The minimum absolute atomic E-state index is 0.345. The first-order valence-electron chi connectivity index (χ1n) is 7.93. The van der Waals surface area contributed by atoms with Gasteiger partial charge in [-0.3, -0.25) is 4.98 Å². The Bertz CT molecular complexity index is 568. The van der Waals surface area contributed by atoms with Crippen LogP contribution in [0.2, 0.25) is 0 Å². The number of fused-ring (bicyclic) bond motifs is 1. The molecule has 1 aromatic heterocycles. The molecule has 2 rings (SSSR count). The predicted molar refractivity (Wildman–Crippen MR) is 88.6 cm³/mol. The van der Waals surface area contributed by atoms with E-state index in [9.17, 15) is 0 Å². The van der Waals surface area contributed by atoms with E-state index in [1.807, 2.05) is 6.92 Å². The van der Waals surface area contributed by atoms with E-state index in [1.54, 1.807) is 0 Å². The normalized spacial score (nSPS) is 12.7. The lowest BCUT2D eigenvalue weighted by Gasteiger charge is -2.19. The minimum atomic E-state index is 0.345. The summed E-state index contributed by atoms with van der Waals surface area (Å²) in [6, 6.07) is 11.1. The Kier molecular flexibility index (Phi) is 6.15. The van der Waals surface area contributed by atoms with Gasteiger partial charge in [-0.1, -0.05) is 26.0 Å². The maximum absolute atomic E-state index is 5.63. The van der Waals surface area contributed by atoms with Gasteiger partial charge in [0.1, 0.15) is 0 Å². The molecule has 1 N–H and O–H groups in total. The molecular weight excluding hydrogens is 260 g/mol. The average Bonchev–Trinajstić information content (AvgIpc) is 2.50. The quantitative estimate of drug-likeness (QED) is 0.744. The van der Waals surface area contributed by atoms with Gasteiger partial charge in [-0.2, -0.15) is 0 Å². The fourth-order valence-corrected chi connectivity index (χ4v) is 2.54. The number of hydrogen-bond acceptors (Lipinski definition) is 3. The second-order valence-electron chi connectivity index (χ2n) is 5.42. The summed E-state index contributed by atoms with van der Waals surface area (Å²) in [4.78, 5) is 4.56. The number of hydrogen-bond donors (Lipinski definition) is 1. The van der Waals surface area contributed by atoms with E-state index in [-0.39, 0.29) is 0 Å². The summed E-state index contributed by atoms with van der Waals surface area (Å²) in [5.74, 6) is 0. The number of nitrogens with zero attached hydrogens (tertiary/aromatic N) is 1. The minimum Gasteiger partial charge on any atom is -0.381 e. The zero-order valence-corrected chi connectivity index (χ0v) is 13.4. The Balaban J connectivity index is 2.13. The molecule has 0 saturated heterocycles. The van der Waals surface area contributed by atoms with Crippen LogP contribution in [0.15, 0.2) is 30.3 Å². The summed E-state index contributed by atoms with van der Waals surface area (Å²) in [7, 11) is 0. The second-order valence-corrected chi connectivity index (χ2v) is 5.42. The molecule has 0 fully saturated rings. The molecule has 114 valence electrons. The second kappa shape index (κ2) is 8.11. The summed E-state index contributed by atoms with van der Waals surface area (Å²) < 4.78 is 5.63. The van der Waals surface area contributed by atoms with Gasteiger partial charge in [-0.25, -0.2) is 0 Å². The molecule has 1 atom stereocenters. The molecule has 21 heavy (non-hydrogen) atoms. The number of aryl methyl sites for hydroxylation is 1. The van der Waals surface area contributed by atoms with Crippen LogP contribution in [0, 0.1) is 6.92 Å². The van der Waals surface area contributed by atoms with Gasteiger partial charge in [0.05, 0.1) is 5.52 Å².